The molecule has 4 nitrogen and oxygen atoms in total. The SMILES string of the molecule is CCCC(C)NC(=O)C(C)N1CCCC(CNCC)C1. The Kier molecular flexibility index (Phi) is 8.15. The van der Waals surface area contributed by atoms with Crippen molar-refractivity contribution < 1.29 is 4.79 Å². The van der Waals surface area contributed by atoms with Crippen molar-refractivity contribution in [3.05, 3.63) is 0 Å². The van der Waals surface area contributed by atoms with Crippen molar-refractivity contribution in [1.82, 2.24) is 15.5 Å². The molecule has 1 heterocycles. The highest BCUT2D eigenvalue weighted by molar-refractivity contribution is 5.81. The number of piperidine rings is 1. The van der Waals surface area contributed by atoms with E-state index in [1.54, 1.807) is 0 Å². The Morgan fingerprint density at radius 2 is 2.10 bits per heavy atom. The third kappa shape index (κ3) is 5.80. The normalized spacial score (nSPS) is 23.3. The van der Waals surface area contributed by atoms with Crippen LogP contribution >= 0.6 is 0 Å². The molecule has 0 radical (unpaired) electrons. The second-order valence-corrected chi connectivity index (χ2v) is 6.19. The van der Waals surface area contributed by atoms with Crippen molar-refractivity contribution in [2.75, 3.05) is 26.2 Å². The summed E-state index contributed by atoms with van der Waals surface area (Å²) in [6.45, 7) is 12.6. The van der Waals surface area contributed by atoms with E-state index in [2.05, 4.69) is 36.3 Å². The standard InChI is InChI=1S/C16H33N3O/c1-5-8-13(3)18-16(20)14(4)19-10-7-9-15(12-19)11-17-6-2/h13-15,17H,5-12H2,1-4H3,(H,18,20). The first-order chi connectivity index (χ1) is 9.58. The van der Waals surface area contributed by atoms with Gasteiger partial charge in [0.1, 0.15) is 0 Å². The van der Waals surface area contributed by atoms with Crippen LogP contribution < -0.4 is 10.6 Å². The molecule has 1 saturated heterocycles. The maximum absolute atomic E-state index is 12.3. The second-order valence-electron chi connectivity index (χ2n) is 6.19. The number of carbonyl (C=O) groups excluding carboxylic acids is 1. The van der Waals surface area contributed by atoms with Gasteiger partial charge in [-0.05, 0) is 58.7 Å². The van der Waals surface area contributed by atoms with E-state index in [-0.39, 0.29) is 18.0 Å². The Labute approximate surface area is 124 Å². The van der Waals surface area contributed by atoms with Crippen molar-refractivity contribution in [2.45, 2.75) is 65.5 Å². The van der Waals surface area contributed by atoms with E-state index in [1.807, 2.05) is 6.92 Å². The molecule has 0 spiro atoms. The summed E-state index contributed by atoms with van der Waals surface area (Å²) in [5.41, 5.74) is 0. The van der Waals surface area contributed by atoms with Gasteiger partial charge in [-0.2, -0.15) is 0 Å². The summed E-state index contributed by atoms with van der Waals surface area (Å²) in [5, 5.41) is 6.57. The molecular weight excluding hydrogens is 250 g/mol. The molecule has 0 aromatic rings. The Balaban J connectivity index is 2.40. The van der Waals surface area contributed by atoms with E-state index < -0.39 is 0 Å². The third-order valence-electron chi connectivity index (χ3n) is 4.27. The monoisotopic (exact) mass is 283 g/mol. The van der Waals surface area contributed by atoms with Gasteiger partial charge >= 0.3 is 0 Å². The summed E-state index contributed by atoms with van der Waals surface area (Å²) < 4.78 is 0. The van der Waals surface area contributed by atoms with E-state index in [0.29, 0.717) is 5.92 Å². The number of rotatable bonds is 8. The summed E-state index contributed by atoms with van der Waals surface area (Å²) in [6.07, 6.45) is 4.66. The van der Waals surface area contributed by atoms with Crippen LogP contribution in [0.1, 0.15) is 53.4 Å². The first-order valence-electron chi connectivity index (χ1n) is 8.33. The number of hydrogen-bond acceptors (Lipinski definition) is 3. The van der Waals surface area contributed by atoms with E-state index >= 15 is 0 Å². The summed E-state index contributed by atoms with van der Waals surface area (Å²) in [5.74, 6) is 0.877. The summed E-state index contributed by atoms with van der Waals surface area (Å²) in [4.78, 5) is 14.6. The lowest BCUT2D eigenvalue weighted by Crippen LogP contribution is -2.51. The predicted octanol–water partition coefficient (Wildman–Crippen LogP) is 2.00. The molecular formula is C16H33N3O. The zero-order chi connectivity index (χ0) is 15.0. The molecule has 1 rings (SSSR count). The number of nitrogens with one attached hydrogen (secondary N) is 2. The lowest BCUT2D eigenvalue weighted by atomic mass is 9.96. The molecule has 0 aromatic heterocycles. The molecule has 3 unspecified atom stereocenters. The number of hydrogen-bond donors (Lipinski definition) is 2. The van der Waals surface area contributed by atoms with E-state index in [1.165, 1.54) is 12.8 Å². The quantitative estimate of drug-likeness (QED) is 0.716. The Morgan fingerprint density at radius 3 is 2.75 bits per heavy atom. The van der Waals surface area contributed by atoms with Crippen molar-refractivity contribution in [3.8, 4) is 0 Å². The number of carbonyl (C=O) groups is 1. The molecule has 4 heteroatoms. The maximum atomic E-state index is 12.3. The van der Waals surface area contributed by atoms with Gasteiger partial charge in [-0.1, -0.05) is 20.3 Å². The van der Waals surface area contributed by atoms with E-state index in [4.69, 9.17) is 0 Å². The largest absolute Gasteiger partial charge is 0.352 e. The van der Waals surface area contributed by atoms with Gasteiger partial charge in [0.2, 0.25) is 5.91 Å². The van der Waals surface area contributed by atoms with E-state index in [9.17, 15) is 4.79 Å². The minimum absolute atomic E-state index is 0.00117. The highest BCUT2D eigenvalue weighted by Crippen LogP contribution is 2.18. The lowest BCUT2D eigenvalue weighted by molar-refractivity contribution is -0.127. The molecule has 1 aliphatic heterocycles. The molecule has 0 aromatic carbocycles. The van der Waals surface area contributed by atoms with Gasteiger partial charge in [0.05, 0.1) is 6.04 Å². The molecule has 20 heavy (non-hydrogen) atoms. The first-order valence-corrected chi connectivity index (χ1v) is 8.33. The highest BCUT2D eigenvalue weighted by Gasteiger charge is 2.27. The third-order valence-corrected chi connectivity index (χ3v) is 4.27. The fourth-order valence-electron chi connectivity index (χ4n) is 3.00. The molecule has 0 saturated carbocycles. The van der Waals surface area contributed by atoms with Crippen LogP contribution in [0.15, 0.2) is 0 Å². The lowest BCUT2D eigenvalue weighted by Gasteiger charge is -2.36. The van der Waals surface area contributed by atoms with Gasteiger partial charge in [-0.15, -0.1) is 0 Å². The summed E-state index contributed by atoms with van der Waals surface area (Å²) >= 11 is 0. The number of likely N-dealkylation sites (tertiary alicyclic amines) is 1. The van der Waals surface area contributed by atoms with Gasteiger partial charge in [-0.3, -0.25) is 9.69 Å². The highest BCUT2D eigenvalue weighted by atomic mass is 16.2. The van der Waals surface area contributed by atoms with Crippen LogP contribution in [0.25, 0.3) is 0 Å². The van der Waals surface area contributed by atoms with Crippen LogP contribution in [0.3, 0.4) is 0 Å². The zero-order valence-electron chi connectivity index (χ0n) is 13.7. The minimum atomic E-state index is -0.00117. The van der Waals surface area contributed by atoms with Crippen molar-refractivity contribution >= 4 is 5.91 Å². The van der Waals surface area contributed by atoms with Gasteiger partial charge in [-0.25, -0.2) is 0 Å². The minimum Gasteiger partial charge on any atom is -0.352 e. The van der Waals surface area contributed by atoms with Crippen LogP contribution in [-0.4, -0.2) is 49.1 Å². The van der Waals surface area contributed by atoms with Crippen molar-refractivity contribution in [1.29, 1.82) is 0 Å². The zero-order valence-corrected chi connectivity index (χ0v) is 13.7. The molecule has 1 amide bonds. The van der Waals surface area contributed by atoms with Crippen molar-refractivity contribution in [2.24, 2.45) is 5.92 Å². The molecule has 2 N–H and O–H groups in total. The van der Waals surface area contributed by atoms with Crippen LogP contribution in [0, 0.1) is 5.92 Å². The van der Waals surface area contributed by atoms with Crippen LogP contribution in [0.5, 0.6) is 0 Å². The summed E-state index contributed by atoms with van der Waals surface area (Å²) in [6, 6.07) is 0.288. The smallest absolute Gasteiger partial charge is 0.237 e. The van der Waals surface area contributed by atoms with E-state index in [0.717, 1.165) is 39.0 Å². The van der Waals surface area contributed by atoms with Crippen molar-refractivity contribution in [3.63, 3.8) is 0 Å². The van der Waals surface area contributed by atoms with Crippen LogP contribution in [0.2, 0.25) is 0 Å². The summed E-state index contributed by atoms with van der Waals surface area (Å²) in [7, 11) is 0. The Hall–Kier alpha value is -0.610. The van der Waals surface area contributed by atoms with Gasteiger partial charge < -0.3 is 10.6 Å². The molecule has 1 aliphatic rings. The fourth-order valence-corrected chi connectivity index (χ4v) is 3.00. The van der Waals surface area contributed by atoms with Gasteiger partial charge in [0.25, 0.3) is 0 Å². The average Bonchev–Trinajstić information content (AvgIpc) is 2.44. The maximum Gasteiger partial charge on any atom is 0.237 e. The van der Waals surface area contributed by atoms with Crippen LogP contribution in [-0.2, 0) is 4.79 Å². The molecule has 0 aliphatic carbocycles. The second kappa shape index (κ2) is 9.35. The number of amides is 1. The average molecular weight is 283 g/mol. The first kappa shape index (κ1) is 17.4. The molecule has 0 bridgehead atoms. The molecule has 118 valence electrons. The fraction of sp³-hybridized carbons (Fsp3) is 0.938. The molecule has 3 atom stereocenters. The topological polar surface area (TPSA) is 44.4 Å². The predicted molar refractivity (Wildman–Crippen MR) is 84.8 cm³/mol. The Bertz CT molecular complexity index is 283. The molecule has 1 fully saturated rings. The Morgan fingerprint density at radius 1 is 1.35 bits per heavy atom. The van der Waals surface area contributed by atoms with Gasteiger partial charge in [0, 0.05) is 12.6 Å². The van der Waals surface area contributed by atoms with Gasteiger partial charge in [0.15, 0.2) is 0 Å². The van der Waals surface area contributed by atoms with Crippen LogP contribution in [0.4, 0.5) is 0 Å². The number of nitrogens with zero attached hydrogens (tertiary/aromatic N) is 1.